The molecular formula is C12H14N2O3S. The van der Waals surface area contributed by atoms with E-state index in [1.165, 1.54) is 4.90 Å². The zero-order valence-corrected chi connectivity index (χ0v) is 10.7. The SMILES string of the molecule is CSc1cccc(NC(=O)N2CC(C(=O)O)C2)c1. The van der Waals surface area contributed by atoms with Crippen LogP contribution in [0.2, 0.25) is 0 Å². The molecule has 1 aromatic carbocycles. The fraction of sp³-hybridized carbons (Fsp3) is 0.333. The van der Waals surface area contributed by atoms with Crippen molar-refractivity contribution in [3.63, 3.8) is 0 Å². The average molecular weight is 266 g/mol. The Bertz CT molecular complexity index is 472. The molecule has 6 heteroatoms. The van der Waals surface area contributed by atoms with Gasteiger partial charge in [0.2, 0.25) is 0 Å². The fourth-order valence-electron chi connectivity index (χ4n) is 1.70. The lowest BCUT2D eigenvalue weighted by Crippen LogP contribution is -2.54. The largest absolute Gasteiger partial charge is 0.481 e. The Morgan fingerprint density at radius 2 is 2.17 bits per heavy atom. The Morgan fingerprint density at radius 3 is 2.78 bits per heavy atom. The normalized spacial score (nSPS) is 15.1. The number of hydrogen-bond donors (Lipinski definition) is 2. The molecule has 1 saturated heterocycles. The van der Waals surface area contributed by atoms with Crippen molar-refractivity contribution in [2.45, 2.75) is 4.90 Å². The molecule has 0 aromatic heterocycles. The number of nitrogens with zero attached hydrogens (tertiary/aromatic N) is 1. The summed E-state index contributed by atoms with van der Waals surface area (Å²) in [5, 5.41) is 11.5. The highest BCUT2D eigenvalue weighted by molar-refractivity contribution is 7.98. The number of thioether (sulfide) groups is 1. The van der Waals surface area contributed by atoms with Gasteiger partial charge in [0.25, 0.3) is 0 Å². The molecule has 2 amide bonds. The molecule has 1 aromatic rings. The molecule has 5 nitrogen and oxygen atoms in total. The van der Waals surface area contributed by atoms with Gasteiger partial charge in [-0.2, -0.15) is 0 Å². The number of benzene rings is 1. The zero-order valence-electron chi connectivity index (χ0n) is 9.92. The van der Waals surface area contributed by atoms with Gasteiger partial charge < -0.3 is 15.3 Å². The lowest BCUT2D eigenvalue weighted by atomic mass is 10.0. The van der Waals surface area contributed by atoms with Gasteiger partial charge in [0, 0.05) is 23.7 Å². The number of aliphatic carboxylic acids is 1. The number of hydrogen-bond acceptors (Lipinski definition) is 3. The highest BCUT2D eigenvalue weighted by Gasteiger charge is 2.35. The highest BCUT2D eigenvalue weighted by Crippen LogP contribution is 2.21. The molecule has 0 atom stereocenters. The van der Waals surface area contributed by atoms with E-state index in [0.717, 1.165) is 10.6 Å². The van der Waals surface area contributed by atoms with Crippen LogP contribution in [-0.4, -0.2) is 41.4 Å². The van der Waals surface area contributed by atoms with Crippen molar-refractivity contribution in [2.75, 3.05) is 24.7 Å². The Morgan fingerprint density at radius 1 is 1.44 bits per heavy atom. The number of rotatable bonds is 3. The molecular weight excluding hydrogens is 252 g/mol. The molecule has 1 heterocycles. The summed E-state index contributed by atoms with van der Waals surface area (Å²) >= 11 is 1.60. The molecule has 0 bridgehead atoms. The third kappa shape index (κ3) is 2.76. The van der Waals surface area contributed by atoms with Crippen molar-refractivity contribution in [1.82, 2.24) is 4.90 Å². The number of likely N-dealkylation sites (tertiary alicyclic amines) is 1. The number of nitrogens with one attached hydrogen (secondary N) is 1. The molecule has 2 rings (SSSR count). The van der Waals surface area contributed by atoms with Crippen LogP contribution in [0, 0.1) is 5.92 Å². The van der Waals surface area contributed by atoms with Gasteiger partial charge >= 0.3 is 12.0 Å². The van der Waals surface area contributed by atoms with Crippen LogP contribution in [0.15, 0.2) is 29.2 Å². The second kappa shape index (κ2) is 5.30. The van der Waals surface area contributed by atoms with Crippen molar-refractivity contribution in [3.05, 3.63) is 24.3 Å². The van der Waals surface area contributed by atoms with E-state index in [-0.39, 0.29) is 19.1 Å². The summed E-state index contributed by atoms with van der Waals surface area (Å²) in [5.74, 6) is -1.27. The van der Waals surface area contributed by atoms with Gasteiger partial charge in [0.05, 0.1) is 5.92 Å². The maximum absolute atomic E-state index is 11.8. The number of carboxylic acids is 1. The number of carbonyl (C=O) groups excluding carboxylic acids is 1. The van der Waals surface area contributed by atoms with Crippen LogP contribution in [-0.2, 0) is 4.79 Å². The topological polar surface area (TPSA) is 69.6 Å². The second-order valence-electron chi connectivity index (χ2n) is 4.10. The summed E-state index contributed by atoms with van der Waals surface area (Å²) < 4.78 is 0. The fourth-order valence-corrected chi connectivity index (χ4v) is 2.16. The van der Waals surface area contributed by atoms with Crippen molar-refractivity contribution < 1.29 is 14.7 Å². The van der Waals surface area contributed by atoms with Crippen molar-refractivity contribution in [2.24, 2.45) is 5.92 Å². The van der Waals surface area contributed by atoms with Crippen molar-refractivity contribution in [1.29, 1.82) is 0 Å². The first-order valence-electron chi connectivity index (χ1n) is 5.53. The molecule has 2 N–H and O–H groups in total. The van der Waals surface area contributed by atoms with Crippen LogP contribution in [0.3, 0.4) is 0 Å². The van der Waals surface area contributed by atoms with Crippen LogP contribution in [0.5, 0.6) is 0 Å². The van der Waals surface area contributed by atoms with E-state index in [0.29, 0.717) is 0 Å². The van der Waals surface area contributed by atoms with Gasteiger partial charge in [0.15, 0.2) is 0 Å². The molecule has 0 radical (unpaired) electrons. The monoisotopic (exact) mass is 266 g/mol. The lowest BCUT2D eigenvalue weighted by molar-refractivity contribution is -0.145. The first kappa shape index (κ1) is 12.8. The minimum Gasteiger partial charge on any atom is -0.481 e. The van der Waals surface area contributed by atoms with Crippen LogP contribution in [0.4, 0.5) is 10.5 Å². The van der Waals surface area contributed by atoms with Gasteiger partial charge in [-0.3, -0.25) is 4.79 Å². The highest BCUT2D eigenvalue weighted by atomic mass is 32.2. The first-order chi connectivity index (χ1) is 8.60. The Hall–Kier alpha value is -1.69. The van der Waals surface area contributed by atoms with E-state index in [9.17, 15) is 9.59 Å². The van der Waals surface area contributed by atoms with E-state index >= 15 is 0 Å². The molecule has 1 aliphatic heterocycles. The zero-order chi connectivity index (χ0) is 13.1. The van der Waals surface area contributed by atoms with E-state index in [1.54, 1.807) is 11.8 Å². The predicted molar refractivity (Wildman–Crippen MR) is 69.9 cm³/mol. The average Bonchev–Trinajstić information content (AvgIpc) is 2.26. The quantitative estimate of drug-likeness (QED) is 0.820. The third-order valence-corrected chi connectivity index (χ3v) is 3.56. The van der Waals surface area contributed by atoms with Gasteiger partial charge in [-0.25, -0.2) is 4.79 Å². The summed E-state index contributed by atoms with van der Waals surface area (Å²) in [6.45, 7) is 0.562. The second-order valence-corrected chi connectivity index (χ2v) is 4.98. The van der Waals surface area contributed by atoms with Gasteiger partial charge in [-0.1, -0.05) is 6.07 Å². The smallest absolute Gasteiger partial charge is 0.321 e. The molecule has 96 valence electrons. The number of anilines is 1. The summed E-state index contributed by atoms with van der Waals surface area (Å²) in [4.78, 5) is 25.0. The van der Waals surface area contributed by atoms with E-state index < -0.39 is 11.9 Å². The van der Waals surface area contributed by atoms with Crippen molar-refractivity contribution >= 4 is 29.4 Å². The lowest BCUT2D eigenvalue weighted by Gasteiger charge is -2.36. The molecule has 1 aliphatic rings. The Labute approximate surface area is 109 Å². The van der Waals surface area contributed by atoms with E-state index in [2.05, 4.69) is 5.32 Å². The Kier molecular flexibility index (Phi) is 3.76. The minimum atomic E-state index is -0.844. The maximum Gasteiger partial charge on any atom is 0.321 e. The van der Waals surface area contributed by atoms with E-state index in [1.807, 2.05) is 30.5 Å². The molecule has 0 aliphatic carbocycles. The standard InChI is InChI=1S/C12H14N2O3S/c1-18-10-4-2-3-9(5-10)13-12(17)14-6-8(7-14)11(15)16/h2-5,8H,6-7H2,1H3,(H,13,17)(H,15,16). The molecule has 0 spiro atoms. The summed E-state index contributed by atoms with van der Waals surface area (Å²) in [6, 6.07) is 7.29. The predicted octanol–water partition coefficient (Wildman–Crippen LogP) is 1.96. The third-order valence-electron chi connectivity index (χ3n) is 2.84. The Balaban J connectivity index is 1.90. The van der Waals surface area contributed by atoms with Gasteiger partial charge in [0.1, 0.15) is 0 Å². The first-order valence-corrected chi connectivity index (χ1v) is 6.75. The number of carbonyl (C=O) groups is 2. The maximum atomic E-state index is 11.8. The van der Waals surface area contributed by atoms with Crippen LogP contribution >= 0.6 is 11.8 Å². The van der Waals surface area contributed by atoms with Crippen LogP contribution < -0.4 is 5.32 Å². The van der Waals surface area contributed by atoms with Crippen molar-refractivity contribution in [3.8, 4) is 0 Å². The summed E-state index contributed by atoms with van der Waals surface area (Å²) in [7, 11) is 0. The molecule has 1 fully saturated rings. The number of urea groups is 1. The van der Waals surface area contributed by atoms with Gasteiger partial charge in [-0.05, 0) is 24.5 Å². The number of carboxylic acid groups (broad SMARTS) is 1. The van der Waals surface area contributed by atoms with E-state index in [4.69, 9.17) is 5.11 Å². The van der Waals surface area contributed by atoms with Gasteiger partial charge in [-0.15, -0.1) is 11.8 Å². The number of amides is 2. The molecule has 0 unspecified atom stereocenters. The minimum absolute atomic E-state index is 0.245. The molecule has 18 heavy (non-hydrogen) atoms. The summed E-state index contributed by atoms with van der Waals surface area (Å²) in [5.41, 5.74) is 0.727. The van der Waals surface area contributed by atoms with Crippen LogP contribution in [0.1, 0.15) is 0 Å². The molecule has 0 saturated carbocycles. The summed E-state index contributed by atoms with van der Waals surface area (Å²) in [6.07, 6.45) is 1.97. The van der Waals surface area contributed by atoms with Crippen LogP contribution in [0.25, 0.3) is 0 Å².